The molecule has 3 nitrogen and oxygen atoms in total. The Morgan fingerprint density at radius 3 is 2.04 bits per heavy atom. The summed E-state index contributed by atoms with van der Waals surface area (Å²) in [5.74, 6) is 0. The van der Waals surface area contributed by atoms with Gasteiger partial charge >= 0.3 is 0 Å². The van der Waals surface area contributed by atoms with Crippen LogP contribution in [0.5, 0.6) is 0 Å². The first kappa shape index (κ1) is 27.5. The minimum absolute atomic E-state index is 0.911. The van der Waals surface area contributed by atoms with Crippen LogP contribution in [0, 0.1) is 0 Å². The quantitative estimate of drug-likeness (QED) is 0.172. The summed E-state index contributed by atoms with van der Waals surface area (Å²) in [6, 6.07) is 57.4. The minimum atomic E-state index is -2.54. The van der Waals surface area contributed by atoms with Gasteiger partial charge in [-0.1, -0.05) is 128 Å². The lowest BCUT2D eigenvalue weighted by atomic mass is 9.97. The Bertz CT molecular complexity index is 3110. The number of fused-ring (bicyclic) bond motifs is 14. The summed E-state index contributed by atoms with van der Waals surface area (Å²) in [4.78, 5) is 2.52. The van der Waals surface area contributed by atoms with Crippen molar-refractivity contribution in [3.8, 4) is 22.3 Å². The Hall–Kier alpha value is -6.36. The van der Waals surface area contributed by atoms with Gasteiger partial charge in [0.2, 0.25) is 0 Å². The van der Waals surface area contributed by atoms with Crippen LogP contribution in [-0.4, -0.2) is 8.07 Å². The average Bonchev–Trinajstić information content (AvgIpc) is 3.84. The molecule has 4 heterocycles. The number of anilines is 3. The maximum absolute atomic E-state index is 6.74. The van der Waals surface area contributed by atoms with Gasteiger partial charge in [0.05, 0.1) is 11.1 Å². The fourth-order valence-corrected chi connectivity index (χ4v) is 14.0. The van der Waals surface area contributed by atoms with E-state index in [0.717, 1.165) is 38.8 Å². The van der Waals surface area contributed by atoms with E-state index in [4.69, 9.17) is 8.83 Å². The molecule has 1 atom stereocenters. The van der Waals surface area contributed by atoms with Crippen LogP contribution in [-0.2, 0) is 0 Å². The summed E-state index contributed by atoms with van der Waals surface area (Å²) >= 11 is 0. The second kappa shape index (κ2) is 9.66. The molecule has 2 aliphatic heterocycles. The molecule has 0 bridgehead atoms. The molecule has 2 aliphatic rings. The summed E-state index contributed by atoms with van der Waals surface area (Å²) < 4.78 is 13.3. The van der Waals surface area contributed by atoms with Gasteiger partial charge in [-0.05, 0) is 79.4 Å². The largest absolute Gasteiger partial charge is 0.456 e. The van der Waals surface area contributed by atoms with E-state index in [9.17, 15) is 0 Å². The molecule has 51 heavy (non-hydrogen) atoms. The van der Waals surface area contributed by atoms with E-state index in [1.807, 2.05) is 0 Å². The number of para-hydroxylation sites is 2. The third-order valence-electron chi connectivity index (χ3n) is 11.6. The number of rotatable bonds is 2. The summed E-state index contributed by atoms with van der Waals surface area (Å²) in [7, 11) is -2.54. The molecule has 0 saturated heterocycles. The van der Waals surface area contributed by atoms with E-state index in [1.165, 1.54) is 70.7 Å². The highest BCUT2D eigenvalue weighted by Crippen LogP contribution is 2.49. The Kier molecular flexibility index (Phi) is 5.20. The number of furan rings is 2. The molecular formula is C47H29NO2Si. The summed E-state index contributed by atoms with van der Waals surface area (Å²) in [5.41, 5.74) is 12.3. The maximum atomic E-state index is 6.74. The highest BCUT2D eigenvalue weighted by atomic mass is 28.3. The Morgan fingerprint density at radius 2 is 1.18 bits per heavy atom. The second-order valence-electron chi connectivity index (χ2n) is 14.1. The number of hydrogen-bond donors (Lipinski definition) is 0. The molecule has 0 spiro atoms. The summed E-state index contributed by atoms with van der Waals surface area (Å²) in [6.45, 7) is 2.55. The van der Waals surface area contributed by atoms with E-state index < -0.39 is 8.07 Å². The van der Waals surface area contributed by atoms with Gasteiger partial charge in [-0.15, -0.1) is 0 Å². The fraction of sp³-hybridized carbons (Fsp3) is 0.0213. The topological polar surface area (TPSA) is 29.5 Å². The molecule has 12 rings (SSSR count). The third kappa shape index (κ3) is 3.42. The van der Waals surface area contributed by atoms with E-state index >= 15 is 0 Å². The van der Waals surface area contributed by atoms with Gasteiger partial charge in [0.15, 0.2) is 8.07 Å². The van der Waals surface area contributed by atoms with Crippen molar-refractivity contribution in [1.82, 2.24) is 0 Å². The van der Waals surface area contributed by atoms with Crippen LogP contribution in [0.4, 0.5) is 17.1 Å². The molecule has 1 unspecified atom stereocenters. The molecular weight excluding hydrogens is 639 g/mol. The van der Waals surface area contributed by atoms with Gasteiger partial charge in [-0.2, -0.15) is 0 Å². The first-order valence-electron chi connectivity index (χ1n) is 17.6. The Morgan fingerprint density at radius 1 is 0.490 bits per heavy atom. The molecule has 0 N–H and O–H groups in total. The van der Waals surface area contributed by atoms with E-state index in [2.05, 4.69) is 169 Å². The van der Waals surface area contributed by atoms with Crippen LogP contribution in [0.3, 0.4) is 0 Å². The predicted molar refractivity (Wildman–Crippen MR) is 215 cm³/mol. The van der Waals surface area contributed by atoms with Crippen molar-refractivity contribution in [3.63, 3.8) is 0 Å². The average molecular weight is 668 g/mol. The zero-order chi connectivity index (χ0) is 33.4. The molecule has 2 aromatic heterocycles. The van der Waals surface area contributed by atoms with Crippen molar-refractivity contribution in [2.24, 2.45) is 0 Å². The van der Waals surface area contributed by atoms with Crippen molar-refractivity contribution < 1.29 is 8.83 Å². The Balaban J connectivity index is 1.17. The number of hydrogen-bond acceptors (Lipinski definition) is 3. The molecule has 8 aromatic carbocycles. The van der Waals surface area contributed by atoms with Gasteiger partial charge in [-0.25, -0.2) is 0 Å². The van der Waals surface area contributed by atoms with Crippen molar-refractivity contribution in [1.29, 1.82) is 0 Å². The van der Waals surface area contributed by atoms with Gasteiger partial charge in [-0.3, -0.25) is 0 Å². The van der Waals surface area contributed by atoms with Crippen molar-refractivity contribution in [2.75, 3.05) is 4.90 Å². The molecule has 0 fully saturated rings. The molecule has 10 aromatic rings. The lowest BCUT2D eigenvalue weighted by molar-refractivity contribution is 0.669. The van der Waals surface area contributed by atoms with Crippen molar-refractivity contribution in [3.05, 3.63) is 158 Å². The first-order valence-corrected chi connectivity index (χ1v) is 20.1. The van der Waals surface area contributed by atoms with Crippen molar-refractivity contribution >= 4 is 95.3 Å². The van der Waals surface area contributed by atoms with Gasteiger partial charge < -0.3 is 13.7 Å². The zero-order valence-corrected chi connectivity index (χ0v) is 28.8. The lowest BCUT2D eigenvalue weighted by Gasteiger charge is -2.41. The summed E-state index contributed by atoms with van der Waals surface area (Å²) in [6.07, 6.45) is 0. The van der Waals surface area contributed by atoms with Crippen molar-refractivity contribution in [2.45, 2.75) is 6.55 Å². The van der Waals surface area contributed by atoms with E-state index in [-0.39, 0.29) is 0 Å². The normalized spacial score (nSPS) is 16.0. The smallest absolute Gasteiger partial charge is 0.152 e. The lowest BCUT2D eigenvalue weighted by Crippen LogP contribution is -2.66. The predicted octanol–water partition coefficient (Wildman–Crippen LogP) is 11.2. The van der Waals surface area contributed by atoms with Gasteiger partial charge in [0.1, 0.15) is 22.3 Å². The Labute approximate surface area is 294 Å². The van der Waals surface area contributed by atoms with Crippen LogP contribution in [0.1, 0.15) is 0 Å². The zero-order valence-electron chi connectivity index (χ0n) is 27.8. The van der Waals surface area contributed by atoms with Crippen LogP contribution >= 0.6 is 0 Å². The SMILES string of the molecule is C[Si]12c3ccc4c(oc5ccccc54)c3-c3cccc(c31)N(c1ccc(-c3cccc4ccccc34)cc1)c1c2ccc2oc3ccccc3c12. The molecule has 238 valence electrons. The van der Waals surface area contributed by atoms with E-state index in [0.29, 0.717) is 0 Å². The second-order valence-corrected chi connectivity index (χ2v) is 18.0. The summed E-state index contributed by atoms with van der Waals surface area (Å²) in [5, 5.41) is 11.4. The van der Waals surface area contributed by atoms with Crippen LogP contribution in [0.15, 0.2) is 167 Å². The number of benzene rings is 8. The van der Waals surface area contributed by atoms with Crippen LogP contribution in [0.25, 0.3) is 76.9 Å². The fourth-order valence-electron chi connectivity index (χ4n) is 9.44. The number of nitrogens with zero attached hydrogens (tertiary/aromatic N) is 1. The highest BCUT2D eigenvalue weighted by Gasteiger charge is 2.52. The molecule has 0 aliphatic carbocycles. The first-order chi connectivity index (χ1) is 25.2. The standard InChI is InChI=1S/C47H29NO2Si/c1-51-41-26-24-34-33-13-4-6-18-38(33)50-46(34)44(41)36-16-9-17-37(47(36)51)48(45-42(51)27-25-40-43(45)35-14-5-7-19-39(35)49-40)30-22-20-29(21-23-30)32-15-8-11-28-10-2-3-12-31(28)32/h2-27H,1H3. The minimum Gasteiger partial charge on any atom is -0.456 e. The van der Waals surface area contributed by atoms with Gasteiger partial charge in [0.25, 0.3) is 0 Å². The molecule has 4 heteroatoms. The maximum Gasteiger partial charge on any atom is 0.152 e. The van der Waals surface area contributed by atoms with E-state index in [1.54, 1.807) is 0 Å². The molecule has 0 saturated carbocycles. The third-order valence-corrected chi connectivity index (χ3v) is 16.1. The van der Waals surface area contributed by atoms with Crippen LogP contribution < -0.4 is 20.5 Å². The van der Waals surface area contributed by atoms with Gasteiger partial charge in [0, 0.05) is 33.1 Å². The highest BCUT2D eigenvalue weighted by molar-refractivity contribution is 7.15. The monoisotopic (exact) mass is 667 g/mol. The molecule has 0 amide bonds. The van der Waals surface area contributed by atoms with Crippen LogP contribution in [0.2, 0.25) is 6.55 Å². The molecule has 0 radical (unpaired) electrons.